The van der Waals surface area contributed by atoms with Crippen molar-refractivity contribution in [2.75, 3.05) is 20.1 Å². The van der Waals surface area contributed by atoms with Crippen LogP contribution >= 0.6 is 0 Å². The molecule has 2 heterocycles. The summed E-state index contributed by atoms with van der Waals surface area (Å²) in [6, 6.07) is 8.50. The molecular weight excluding hydrogens is 316 g/mol. The van der Waals surface area contributed by atoms with Crippen molar-refractivity contribution in [2.45, 2.75) is 70.0 Å². The van der Waals surface area contributed by atoms with Crippen LogP contribution in [0.15, 0.2) is 43.5 Å². The van der Waals surface area contributed by atoms with E-state index in [0.29, 0.717) is 6.04 Å². The summed E-state index contributed by atoms with van der Waals surface area (Å²) < 4.78 is 0. The van der Waals surface area contributed by atoms with E-state index in [0.717, 1.165) is 32.0 Å². The normalized spacial score (nSPS) is 22.6. The second-order valence-electron chi connectivity index (χ2n) is 8.16. The third-order valence-corrected chi connectivity index (χ3v) is 6.41. The average Bonchev–Trinajstić information content (AvgIpc) is 2.67. The minimum atomic E-state index is 0.473. The van der Waals surface area contributed by atoms with Crippen molar-refractivity contribution in [1.29, 1.82) is 0 Å². The molecule has 0 bridgehead atoms. The van der Waals surface area contributed by atoms with Gasteiger partial charge in [0.1, 0.15) is 0 Å². The molecule has 2 aliphatic rings. The minimum Gasteiger partial charge on any atom is -0.303 e. The van der Waals surface area contributed by atoms with Gasteiger partial charge in [-0.3, -0.25) is 4.90 Å². The summed E-state index contributed by atoms with van der Waals surface area (Å²) in [7, 11) is 2.30. The van der Waals surface area contributed by atoms with Gasteiger partial charge in [0.2, 0.25) is 0 Å². The number of benzene rings is 1. The van der Waals surface area contributed by atoms with E-state index in [1.807, 2.05) is 6.08 Å². The van der Waals surface area contributed by atoms with Crippen LogP contribution in [0.2, 0.25) is 0 Å². The largest absolute Gasteiger partial charge is 0.303 e. The van der Waals surface area contributed by atoms with Gasteiger partial charge < -0.3 is 4.90 Å². The van der Waals surface area contributed by atoms with Gasteiger partial charge in [0.15, 0.2) is 0 Å². The number of rotatable bonds is 8. The summed E-state index contributed by atoms with van der Waals surface area (Å²) in [4.78, 5) is 5.16. The maximum atomic E-state index is 4.07. The lowest BCUT2D eigenvalue weighted by Crippen LogP contribution is -2.38. The van der Waals surface area contributed by atoms with E-state index in [1.54, 1.807) is 5.56 Å². The monoisotopic (exact) mass is 352 g/mol. The highest BCUT2D eigenvalue weighted by atomic mass is 15.2. The third-order valence-electron chi connectivity index (χ3n) is 6.41. The van der Waals surface area contributed by atoms with Gasteiger partial charge in [-0.1, -0.05) is 36.8 Å². The van der Waals surface area contributed by atoms with Crippen molar-refractivity contribution >= 4 is 0 Å². The number of piperidine rings is 1. The molecule has 0 saturated carbocycles. The quantitative estimate of drug-likeness (QED) is 0.609. The molecular formula is C24H36N2. The fourth-order valence-corrected chi connectivity index (χ4v) is 4.65. The van der Waals surface area contributed by atoms with Crippen LogP contribution in [0.3, 0.4) is 0 Å². The van der Waals surface area contributed by atoms with Crippen molar-refractivity contribution < 1.29 is 0 Å². The molecule has 3 rings (SSSR count). The molecule has 0 spiro atoms. The zero-order valence-electron chi connectivity index (χ0n) is 16.6. The predicted molar refractivity (Wildman–Crippen MR) is 113 cm³/mol. The van der Waals surface area contributed by atoms with Gasteiger partial charge in [0, 0.05) is 25.2 Å². The summed E-state index contributed by atoms with van der Waals surface area (Å²) in [6.07, 6.45) is 14.2. The first-order valence-electron chi connectivity index (χ1n) is 10.5. The minimum absolute atomic E-state index is 0.473. The number of hydrogen-bond acceptors (Lipinski definition) is 2. The molecule has 0 aliphatic carbocycles. The SMILES string of the molecule is C=CCCC(C=C)N1CCc2ccc(CCC3CCCCN3C)cc2C1. The number of hydrogen-bond donors (Lipinski definition) is 0. The van der Waals surface area contributed by atoms with Crippen LogP contribution in [0, 0.1) is 0 Å². The van der Waals surface area contributed by atoms with Crippen LogP contribution in [-0.2, 0) is 19.4 Å². The van der Waals surface area contributed by atoms with Gasteiger partial charge in [-0.05, 0) is 75.2 Å². The zero-order valence-corrected chi connectivity index (χ0v) is 16.6. The first-order valence-corrected chi connectivity index (χ1v) is 10.5. The Balaban J connectivity index is 1.61. The lowest BCUT2D eigenvalue weighted by Gasteiger charge is -2.34. The number of likely N-dealkylation sites (tertiary alicyclic amines) is 1. The van der Waals surface area contributed by atoms with E-state index in [-0.39, 0.29) is 0 Å². The molecule has 2 atom stereocenters. The Bertz CT molecular complexity index is 606. The van der Waals surface area contributed by atoms with Gasteiger partial charge >= 0.3 is 0 Å². The highest BCUT2D eigenvalue weighted by Crippen LogP contribution is 2.25. The van der Waals surface area contributed by atoms with Gasteiger partial charge in [-0.15, -0.1) is 13.2 Å². The number of nitrogens with zero attached hydrogens (tertiary/aromatic N) is 2. The van der Waals surface area contributed by atoms with Crippen molar-refractivity contribution in [2.24, 2.45) is 0 Å². The molecule has 0 radical (unpaired) electrons. The van der Waals surface area contributed by atoms with Gasteiger partial charge in [-0.2, -0.15) is 0 Å². The lowest BCUT2D eigenvalue weighted by atomic mass is 9.92. The molecule has 1 saturated heterocycles. The summed E-state index contributed by atoms with van der Waals surface area (Å²) in [5.41, 5.74) is 4.60. The molecule has 2 heteroatoms. The van der Waals surface area contributed by atoms with Crippen molar-refractivity contribution in [3.8, 4) is 0 Å². The van der Waals surface area contributed by atoms with E-state index < -0.39 is 0 Å². The number of aryl methyl sites for hydroxylation is 1. The van der Waals surface area contributed by atoms with Crippen molar-refractivity contribution in [1.82, 2.24) is 9.80 Å². The Labute approximate surface area is 160 Å². The molecule has 1 fully saturated rings. The molecule has 2 nitrogen and oxygen atoms in total. The maximum absolute atomic E-state index is 4.07. The van der Waals surface area contributed by atoms with Gasteiger partial charge in [0.05, 0.1) is 0 Å². The maximum Gasteiger partial charge on any atom is 0.0282 e. The number of allylic oxidation sites excluding steroid dienone is 1. The summed E-state index contributed by atoms with van der Waals surface area (Å²) in [6.45, 7) is 11.4. The standard InChI is InChI=1S/C24H36N2/c1-4-6-9-23(5-2)26-17-15-21-13-11-20(18-22(21)19-26)12-14-24-10-7-8-16-25(24)3/h4-5,11,13,18,23-24H,1-2,6-10,12,14-17,19H2,3H3. The summed E-state index contributed by atoms with van der Waals surface area (Å²) in [5, 5.41) is 0. The van der Waals surface area contributed by atoms with Crippen molar-refractivity contribution in [3.05, 3.63) is 60.2 Å². The summed E-state index contributed by atoms with van der Waals surface area (Å²) >= 11 is 0. The van der Waals surface area contributed by atoms with Crippen LogP contribution in [0.25, 0.3) is 0 Å². The summed E-state index contributed by atoms with van der Waals surface area (Å²) in [5.74, 6) is 0. The highest BCUT2D eigenvalue weighted by Gasteiger charge is 2.22. The van der Waals surface area contributed by atoms with E-state index in [4.69, 9.17) is 0 Å². The topological polar surface area (TPSA) is 6.48 Å². The fraction of sp³-hybridized carbons (Fsp3) is 0.583. The van der Waals surface area contributed by atoms with Gasteiger partial charge in [-0.25, -0.2) is 0 Å². The smallest absolute Gasteiger partial charge is 0.0282 e. The first-order chi connectivity index (χ1) is 12.7. The van der Waals surface area contributed by atoms with E-state index in [9.17, 15) is 0 Å². The van der Waals surface area contributed by atoms with Crippen LogP contribution in [-0.4, -0.2) is 42.0 Å². The molecule has 26 heavy (non-hydrogen) atoms. The van der Waals surface area contributed by atoms with Crippen LogP contribution in [0.5, 0.6) is 0 Å². The fourth-order valence-electron chi connectivity index (χ4n) is 4.65. The zero-order chi connectivity index (χ0) is 18.4. The molecule has 1 aromatic rings. The second kappa shape index (κ2) is 9.53. The highest BCUT2D eigenvalue weighted by molar-refractivity contribution is 5.34. The Morgan fingerprint density at radius 2 is 2.08 bits per heavy atom. The molecule has 2 aliphatic heterocycles. The molecule has 0 N–H and O–H groups in total. The second-order valence-corrected chi connectivity index (χ2v) is 8.16. The first kappa shape index (κ1) is 19.4. The Kier molecular flexibility index (Phi) is 7.10. The van der Waals surface area contributed by atoms with E-state index in [2.05, 4.69) is 54.3 Å². The Morgan fingerprint density at radius 3 is 2.85 bits per heavy atom. The van der Waals surface area contributed by atoms with E-state index >= 15 is 0 Å². The van der Waals surface area contributed by atoms with Crippen LogP contribution in [0.1, 0.15) is 55.2 Å². The Morgan fingerprint density at radius 1 is 1.19 bits per heavy atom. The average molecular weight is 353 g/mol. The molecule has 0 amide bonds. The van der Waals surface area contributed by atoms with Crippen LogP contribution < -0.4 is 0 Å². The van der Waals surface area contributed by atoms with Crippen LogP contribution in [0.4, 0.5) is 0 Å². The number of fused-ring (bicyclic) bond motifs is 1. The molecule has 0 aromatic heterocycles. The molecule has 1 aromatic carbocycles. The van der Waals surface area contributed by atoms with E-state index in [1.165, 1.54) is 56.2 Å². The van der Waals surface area contributed by atoms with Crippen molar-refractivity contribution in [3.63, 3.8) is 0 Å². The molecule has 142 valence electrons. The predicted octanol–water partition coefficient (Wildman–Crippen LogP) is 4.98. The molecule has 2 unspecified atom stereocenters. The lowest BCUT2D eigenvalue weighted by molar-refractivity contribution is 0.176. The third kappa shape index (κ3) is 4.86. The van der Waals surface area contributed by atoms with Gasteiger partial charge in [0.25, 0.3) is 0 Å². The Hall–Kier alpha value is -1.38.